The molecule has 26 heavy (non-hydrogen) atoms. The number of hydrogen-bond donors (Lipinski definition) is 4. The maximum atomic E-state index is 11.2. The minimum Gasteiger partial charge on any atom is -0.453 e. The van der Waals surface area contributed by atoms with Crippen molar-refractivity contribution in [3.05, 3.63) is 29.8 Å². The summed E-state index contributed by atoms with van der Waals surface area (Å²) >= 11 is 0. The number of carbonyl (C=O) groups is 1. The molecular formula is C19H32N4O3. The van der Waals surface area contributed by atoms with Gasteiger partial charge >= 0.3 is 6.09 Å². The summed E-state index contributed by atoms with van der Waals surface area (Å²) < 4.78 is 4.57. The summed E-state index contributed by atoms with van der Waals surface area (Å²) in [6, 6.07) is 7.48. The number of methoxy groups -OCH3 is 1. The average molecular weight is 364 g/mol. The quantitative estimate of drug-likeness (QED) is 0.378. The first kappa shape index (κ1) is 21.8. The van der Waals surface area contributed by atoms with E-state index in [1.54, 1.807) is 0 Å². The molecule has 0 aliphatic carbocycles. The molecule has 1 aromatic rings. The van der Waals surface area contributed by atoms with Gasteiger partial charge < -0.3 is 20.5 Å². The van der Waals surface area contributed by atoms with Crippen LogP contribution in [-0.4, -0.2) is 44.0 Å². The van der Waals surface area contributed by atoms with Crippen molar-refractivity contribution >= 4 is 17.7 Å². The minimum absolute atomic E-state index is 0.214. The topological polar surface area (TPSA) is 95.0 Å². The highest BCUT2D eigenvalue weighted by atomic mass is 16.5. The smallest absolute Gasteiger partial charge is 0.411 e. The summed E-state index contributed by atoms with van der Waals surface area (Å²) in [4.78, 5) is 15.8. The van der Waals surface area contributed by atoms with Gasteiger partial charge in [0, 0.05) is 25.4 Å². The molecule has 4 N–H and O–H groups in total. The van der Waals surface area contributed by atoms with E-state index in [9.17, 15) is 4.79 Å². The first-order chi connectivity index (χ1) is 12.6. The second-order valence-corrected chi connectivity index (χ2v) is 6.06. The molecule has 1 rings (SSSR count). The van der Waals surface area contributed by atoms with E-state index in [1.165, 1.54) is 7.11 Å². The summed E-state index contributed by atoms with van der Waals surface area (Å²) in [7, 11) is 1.33. The summed E-state index contributed by atoms with van der Waals surface area (Å²) in [5.74, 6) is 1.21. The monoisotopic (exact) mass is 364 g/mol. The second kappa shape index (κ2) is 13.0. The SMILES string of the molecule is CCCC(CCO)CNC(=NCc1ccc(NC(=O)OC)cc1)NCC. The van der Waals surface area contributed by atoms with Crippen LogP contribution in [0, 0.1) is 5.92 Å². The van der Waals surface area contributed by atoms with Crippen molar-refractivity contribution < 1.29 is 14.6 Å². The normalized spacial score (nSPS) is 12.4. The van der Waals surface area contributed by atoms with Crippen LogP contribution in [-0.2, 0) is 11.3 Å². The molecule has 146 valence electrons. The maximum Gasteiger partial charge on any atom is 0.411 e. The lowest BCUT2D eigenvalue weighted by Crippen LogP contribution is -2.40. The molecule has 0 fully saturated rings. The standard InChI is InChI=1S/C19H32N4O3/c1-4-6-15(11-12-24)13-21-18(20-5-2)22-14-16-7-9-17(10-8-16)23-19(25)26-3/h7-10,15,24H,4-6,11-14H2,1-3H3,(H,23,25)(H2,20,21,22). The predicted octanol–water partition coefficient (Wildman–Crippen LogP) is 2.72. The van der Waals surface area contributed by atoms with Gasteiger partial charge in [0.1, 0.15) is 0 Å². The third-order valence-corrected chi connectivity index (χ3v) is 3.94. The van der Waals surface area contributed by atoms with Gasteiger partial charge in [-0.1, -0.05) is 25.5 Å². The maximum absolute atomic E-state index is 11.2. The number of hydrogen-bond acceptors (Lipinski definition) is 4. The Hall–Kier alpha value is -2.28. The molecule has 0 aromatic heterocycles. The number of guanidine groups is 1. The van der Waals surface area contributed by atoms with Gasteiger partial charge in [0.25, 0.3) is 0 Å². The molecule has 7 heteroatoms. The third kappa shape index (κ3) is 8.71. The van der Waals surface area contributed by atoms with E-state index >= 15 is 0 Å². The third-order valence-electron chi connectivity index (χ3n) is 3.94. The zero-order chi connectivity index (χ0) is 19.2. The molecule has 1 amide bonds. The van der Waals surface area contributed by atoms with Gasteiger partial charge in [-0.15, -0.1) is 0 Å². The van der Waals surface area contributed by atoms with Crippen molar-refractivity contribution in [2.24, 2.45) is 10.9 Å². The Morgan fingerprint density at radius 1 is 1.19 bits per heavy atom. The summed E-state index contributed by atoms with van der Waals surface area (Å²) in [5.41, 5.74) is 1.72. The number of ether oxygens (including phenoxy) is 1. The number of nitrogens with zero attached hydrogens (tertiary/aromatic N) is 1. The van der Waals surface area contributed by atoms with Gasteiger partial charge in [-0.2, -0.15) is 0 Å². The Balaban J connectivity index is 2.60. The van der Waals surface area contributed by atoms with E-state index in [4.69, 9.17) is 5.11 Å². The van der Waals surface area contributed by atoms with Gasteiger partial charge in [-0.25, -0.2) is 9.79 Å². The molecule has 1 unspecified atom stereocenters. The molecule has 0 radical (unpaired) electrons. The lowest BCUT2D eigenvalue weighted by molar-refractivity contribution is 0.187. The van der Waals surface area contributed by atoms with Gasteiger partial charge in [-0.3, -0.25) is 5.32 Å². The highest BCUT2D eigenvalue weighted by Gasteiger charge is 2.08. The molecule has 1 atom stereocenters. The molecule has 0 saturated carbocycles. The number of carbonyl (C=O) groups excluding carboxylic acids is 1. The van der Waals surface area contributed by atoms with Gasteiger partial charge in [0.05, 0.1) is 13.7 Å². The number of aliphatic hydroxyl groups excluding tert-OH is 1. The van der Waals surface area contributed by atoms with Crippen molar-refractivity contribution in [1.29, 1.82) is 0 Å². The van der Waals surface area contributed by atoms with E-state index < -0.39 is 6.09 Å². The number of amides is 1. The molecule has 0 aliphatic rings. The van der Waals surface area contributed by atoms with E-state index in [2.05, 4.69) is 32.6 Å². The van der Waals surface area contributed by atoms with Gasteiger partial charge in [0.2, 0.25) is 0 Å². The fourth-order valence-electron chi connectivity index (χ4n) is 2.55. The minimum atomic E-state index is -0.487. The van der Waals surface area contributed by atoms with Crippen LogP contribution in [0.15, 0.2) is 29.3 Å². The lowest BCUT2D eigenvalue weighted by atomic mass is 10.0. The van der Waals surface area contributed by atoms with Crippen molar-refractivity contribution in [2.45, 2.75) is 39.7 Å². The molecular weight excluding hydrogens is 332 g/mol. The van der Waals surface area contributed by atoms with Crippen molar-refractivity contribution in [2.75, 3.05) is 32.1 Å². The van der Waals surface area contributed by atoms with E-state index in [0.717, 1.165) is 43.9 Å². The van der Waals surface area contributed by atoms with Crippen LogP contribution in [0.3, 0.4) is 0 Å². The molecule has 0 spiro atoms. The van der Waals surface area contributed by atoms with Gasteiger partial charge in [0.15, 0.2) is 5.96 Å². The van der Waals surface area contributed by atoms with Crippen LogP contribution in [0.1, 0.15) is 38.7 Å². The number of benzene rings is 1. The van der Waals surface area contributed by atoms with E-state index in [0.29, 0.717) is 18.2 Å². The number of aliphatic imine (C=N–C) groups is 1. The Kier molecular flexibility index (Phi) is 10.9. The number of anilines is 1. The Morgan fingerprint density at radius 3 is 2.50 bits per heavy atom. The summed E-state index contributed by atoms with van der Waals surface area (Å²) in [6.45, 7) is 6.51. The highest BCUT2D eigenvalue weighted by Crippen LogP contribution is 2.11. The fraction of sp³-hybridized carbons (Fsp3) is 0.579. The molecule has 0 saturated heterocycles. The number of aliphatic hydroxyl groups is 1. The van der Waals surface area contributed by atoms with Crippen molar-refractivity contribution in [3.63, 3.8) is 0 Å². The van der Waals surface area contributed by atoms with Crippen molar-refractivity contribution in [1.82, 2.24) is 10.6 Å². The van der Waals surface area contributed by atoms with Crippen LogP contribution in [0.2, 0.25) is 0 Å². The van der Waals surface area contributed by atoms with E-state index in [1.807, 2.05) is 31.2 Å². The largest absolute Gasteiger partial charge is 0.453 e. The number of nitrogens with one attached hydrogen (secondary N) is 3. The van der Waals surface area contributed by atoms with Crippen LogP contribution in [0.25, 0.3) is 0 Å². The molecule has 0 bridgehead atoms. The van der Waals surface area contributed by atoms with Crippen LogP contribution in [0.4, 0.5) is 10.5 Å². The van der Waals surface area contributed by atoms with Crippen LogP contribution >= 0.6 is 0 Å². The average Bonchev–Trinajstić information content (AvgIpc) is 2.65. The Labute approximate surface area is 156 Å². The van der Waals surface area contributed by atoms with Crippen molar-refractivity contribution in [3.8, 4) is 0 Å². The Morgan fingerprint density at radius 2 is 1.92 bits per heavy atom. The number of rotatable bonds is 10. The molecule has 7 nitrogen and oxygen atoms in total. The first-order valence-electron chi connectivity index (χ1n) is 9.19. The molecule has 0 aliphatic heterocycles. The lowest BCUT2D eigenvalue weighted by Gasteiger charge is -2.18. The second-order valence-electron chi connectivity index (χ2n) is 6.06. The van der Waals surface area contributed by atoms with Crippen LogP contribution < -0.4 is 16.0 Å². The predicted molar refractivity (Wildman–Crippen MR) is 105 cm³/mol. The fourth-order valence-corrected chi connectivity index (χ4v) is 2.55. The summed E-state index contributed by atoms with van der Waals surface area (Å²) in [6.07, 6.45) is 2.50. The van der Waals surface area contributed by atoms with Gasteiger partial charge in [-0.05, 0) is 43.4 Å². The summed E-state index contributed by atoms with van der Waals surface area (Å²) in [5, 5.41) is 18.4. The Bertz CT molecular complexity index is 540. The highest BCUT2D eigenvalue weighted by molar-refractivity contribution is 5.84. The first-order valence-corrected chi connectivity index (χ1v) is 9.19. The molecule has 0 heterocycles. The zero-order valence-electron chi connectivity index (χ0n) is 16.0. The molecule has 1 aromatic carbocycles. The van der Waals surface area contributed by atoms with Crippen LogP contribution in [0.5, 0.6) is 0 Å². The van der Waals surface area contributed by atoms with E-state index in [-0.39, 0.29) is 6.61 Å². The zero-order valence-corrected chi connectivity index (χ0v) is 16.0.